The number of nitrogens with two attached hydrogens (primary N) is 1. The molecule has 0 bridgehead atoms. The van der Waals surface area contributed by atoms with Crippen molar-refractivity contribution in [1.82, 2.24) is 4.90 Å². The molecule has 1 aromatic carbocycles. The summed E-state index contributed by atoms with van der Waals surface area (Å²) in [7, 11) is 1.92. The Bertz CT molecular complexity index is 421. The van der Waals surface area contributed by atoms with E-state index in [4.69, 9.17) is 15.6 Å². The Hall–Kier alpha value is -1.75. The fourth-order valence-electron chi connectivity index (χ4n) is 1.76. The Morgan fingerprint density at radius 2 is 2.16 bits per heavy atom. The molecule has 0 fully saturated rings. The fourth-order valence-corrected chi connectivity index (χ4v) is 1.76. The smallest absolute Gasteiger partial charge is 0.304 e. The lowest BCUT2D eigenvalue weighted by Crippen LogP contribution is -2.24. The first-order valence-corrected chi connectivity index (χ1v) is 6.44. The quantitative estimate of drug-likeness (QED) is 0.699. The van der Waals surface area contributed by atoms with Crippen molar-refractivity contribution in [2.24, 2.45) is 0 Å². The molecule has 5 heteroatoms. The summed E-state index contributed by atoms with van der Waals surface area (Å²) in [5.74, 6) is -0.0531. The number of carboxylic acids is 1. The number of anilines is 1. The number of hydrogen-bond acceptors (Lipinski definition) is 4. The van der Waals surface area contributed by atoms with E-state index in [1.54, 1.807) is 0 Å². The zero-order chi connectivity index (χ0) is 14.3. The number of aliphatic carboxylic acids is 1. The number of rotatable bonds is 8. The number of ether oxygens (including phenoxy) is 1. The maximum absolute atomic E-state index is 10.5. The number of nitrogens with zero attached hydrogens (tertiary/aromatic N) is 1. The first-order chi connectivity index (χ1) is 9.02. The van der Waals surface area contributed by atoms with Crippen molar-refractivity contribution in [2.75, 3.05) is 32.5 Å². The molecule has 0 atom stereocenters. The molecule has 19 heavy (non-hydrogen) atoms. The summed E-state index contributed by atoms with van der Waals surface area (Å²) in [6.45, 7) is 3.88. The van der Waals surface area contributed by atoms with Gasteiger partial charge in [0.15, 0.2) is 0 Å². The summed E-state index contributed by atoms with van der Waals surface area (Å²) >= 11 is 0. The monoisotopic (exact) mass is 266 g/mol. The average Bonchev–Trinajstić information content (AvgIpc) is 2.37. The molecule has 0 saturated heterocycles. The number of nitrogen functional groups attached to an aromatic ring is 1. The Morgan fingerprint density at radius 3 is 2.74 bits per heavy atom. The number of likely N-dealkylation sites (N-methyl/N-ethyl adjacent to an activating group) is 1. The van der Waals surface area contributed by atoms with Gasteiger partial charge in [0.1, 0.15) is 5.75 Å². The van der Waals surface area contributed by atoms with Crippen LogP contribution in [0.3, 0.4) is 0 Å². The van der Waals surface area contributed by atoms with Gasteiger partial charge in [-0.05, 0) is 38.1 Å². The molecule has 0 heterocycles. The standard InChI is InChI=1S/C14H22N2O3/c1-3-19-13-5-4-11(10-12(13)15)6-8-16(2)9-7-14(17)18/h4-5,10H,3,6-9,15H2,1-2H3,(H,17,18). The second kappa shape index (κ2) is 7.63. The maximum atomic E-state index is 10.5. The molecule has 0 aromatic heterocycles. The lowest BCUT2D eigenvalue weighted by Gasteiger charge is -2.15. The summed E-state index contributed by atoms with van der Waals surface area (Å²) < 4.78 is 5.38. The summed E-state index contributed by atoms with van der Waals surface area (Å²) in [6.07, 6.45) is 1.01. The van der Waals surface area contributed by atoms with Crippen LogP contribution in [0.1, 0.15) is 18.9 Å². The van der Waals surface area contributed by atoms with E-state index in [9.17, 15) is 4.79 Å². The van der Waals surface area contributed by atoms with Crippen LogP contribution in [-0.4, -0.2) is 42.7 Å². The van der Waals surface area contributed by atoms with Crippen molar-refractivity contribution in [3.05, 3.63) is 23.8 Å². The highest BCUT2D eigenvalue weighted by Crippen LogP contribution is 2.22. The van der Waals surface area contributed by atoms with Crippen molar-refractivity contribution in [3.63, 3.8) is 0 Å². The Kier molecular flexibility index (Phi) is 6.15. The van der Waals surface area contributed by atoms with Crippen LogP contribution in [0.5, 0.6) is 5.75 Å². The molecule has 0 radical (unpaired) electrons. The molecule has 0 aliphatic heterocycles. The van der Waals surface area contributed by atoms with Gasteiger partial charge in [-0.1, -0.05) is 6.07 Å². The largest absolute Gasteiger partial charge is 0.492 e. The van der Waals surface area contributed by atoms with Gasteiger partial charge in [0.25, 0.3) is 0 Å². The van der Waals surface area contributed by atoms with E-state index in [1.807, 2.05) is 37.1 Å². The van der Waals surface area contributed by atoms with Crippen LogP contribution in [0.25, 0.3) is 0 Å². The van der Waals surface area contributed by atoms with E-state index < -0.39 is 5.97 Å². The van der Waals surface area contributed by atoms with E-state index in [2.05, 4.69) is 0 Å². The normalized spacial score (nSPS) is 10.7. The van der Waals surface area contributed by atoms with Crippen LogP contribution < -0.4 is 10.5 Å². The van der Waals surface area contributed by atoms with Crippen molar-refractivity contribution in [1.29, 1.82) is 0 Å². The predicted octanol–water partition coefficient (Wildman–Crippen LogP) is 1.62. The molecule has 3 N–H and O–H groups in total. The third-order valence-electron chi connectivity index (χ3n) is 2.86. The van der Waals surface area contributed by atoms with E-state index in [0.29, 0.717) is 24.6 Å². The molecule has 0 unspecified atom stereocenters. The molecule has 0 aliphatic carbocycles. The first kappa shape index (κ1) is 15.3. The SMILES string of the molecule is CCOc1ccc(CCN(C)CCC(=O)O)cc1N. The Labute approximate surface area is 114 Å². The van der Waals surface area contributed by atoms with Crippen LogP contribution in [0.2, 0.25) is 0 Å². The van der Waals surface area contributed by atoms with Crippen molar-refractivity contribution in [2.45, 2.75) is 19.8 Å². The number of carboxylic acid groups (broad SMARTS) is 1. The van der Waals surface area contributed by atoms with Crippen LogP contribution in [-0.2, 0) is 11.2 Å². The summed E-state index contributed by atoms with van der Waals surface area (Å²) in [4.78, 5) is 12.5. The molecule has 1 rings (SSSR count). The third kappa shape index (κ3) is 5.61. The molecular weight excluding hydrogens is 244 g/mol. The van der Waals surface area contributed by atoms with Gasteiger partial charge in [-0.2, -0.15) is 0 Å². The highest BCUT2D eigenvalue weighted by molar-refractivity contribution is 5.66. The molecule has 0 saturated carbocycles. The second-order valence-electron chi connectivity index (χ2n) is 4.50. The zero-order valence-corrected chi connectivity index (χ0v) is 11.6. The number of carbonyl (C=O) groups is 1. The van der Waals surface area contributed by atoms with Crippen molar-refractivity contribution >= 4 is 11.7 Å². The van der Waals surface area contributed by atoms with Crippen LogP contribution in [0.15, 0.2) is 18.2 Å². The Morgan fingerprint density at radius 1 is 1.42 bits per heavy atom. The highest BCUT2D eigenvalue weighted by atomic mass is 16.5. The predicted molar refractivity (Wildman–Crippen MR) is 75.5 cm³/mol. The minimum absolute atomic E-state index is 0.169. The average molecular weight is 266 g/mol. The summed E-state index contributed by atoms with van der Waals surface area (Å²) in [5, 5.41) is 8.61. The van der Waals surface area contributed by atoms with Crippen molar-refractivity contribution in [3.8, 4) is 5.75 Å². The lowest BCUT2D eigenvalue weighted by molar-refractivity contribution is -0.137. The van der Waals surface area contributed by atoms with E-state index in [-0.39, 0.29) is 6.42 Å². The van der Waals surface area contributed by atoms with Gasteiger partial charge in [-0.15, -0.1) is 0 Å². The molecule has 0 aliphatic rings. The molecule has 0 spiro atoms. The lowest BCUT2D eigenvalue weighted by atomic mass is 10.1. The number of hydrogen-bond donors (Lipinski definition) is 2. The fraction of sp³-hybridized carbons (Fsp3) is 0.500. The van der Waals surface area contributed by atoms with Gasteiger partial charge >= 0.3 is 5.97 Å². The molecule has 106 valence electrons. The molecular formula is C14H22N2O3. The van der Waals surface area contributed by atoms with Gasteiger partial charge in [0, 0.05) is 13.1 Å². The summed E-state index contributed by atoms with van der Waals surface area (Å²) in [6, 6.07) is 5.79. The van der Waals surface area contributed by atoms with Gasteiger partial charge in [0.2, 0.25) is 0 Å². The topological polar surface area (TPSA) is 75.8 Å². The molecule has 5 nitrogen and oxygen atoms in total. The van der Waals surface area contributed by atoms with E-state index in [1.165, 1.54) is 0 Å². The number of benzene rings is 1. The van der Waals surface area contributed by atoms with Gasteiger partial charge in [-0.25, -0.2) is 0 Å². The van der Waals surface area contributed by atoms with Gasteiger partial charge < -0.3 is 20.5 Å². The third-order valence-corrected chi connectivity index (χ3v) is 2.86. The maximum Gasteiger partial charge on any atom is 0.304 e. The highest BCUT2D eigenvalue weighted by Gasteiger charge is 2.05. The van der Waals surface area contributed by atoms with Crippen molar-refractivity contribution < 1.29 is 14.6 Å². The van der Waals surface area contributed by atoms with Crippen LogP contribution in [0.4, 0.5) is 5.69 Å². The van der Waals surface area contributed by atoms with Gasteiger partial charge in [0.05, 0.1) is 18.7 Å². The second-order valence-corrected chi connectivity index (χ2v) is 4.50. The van der Waals surface area contributed by atoms with E-state index >= 15 is 0 Å². The van der Waals surface area contributed by atoms with E-state index in [0.717, 1.165) is 18.5 Å². The minimum Gasteiger partial charge on any atom is -0.492 e. The van der Waals surface area contributed by atoms with Crippen LogP contribution >= 0.6 is 0 Å². The molecule has 0 amide bonds. The van der Waals surface area contributed by atoms with Crippen LogP contribution in [0, 0.1) is 0 Å². The first-order valence-electron chi connectivity index (χ1n) is 6.44. The van der Waals surface area contributed by atoms with Gasteiger partial charge in [-0.3, -0.25) is 4.79 Å². The molecule has 1 aromatic rings. The summed E-state index contributed by atoms with van der Waals surface area (Å²) in [5.41, 5.74) is 7.67. The minimum atomic E-state index is -0.767. The zero-order valence-electron chi connectivity index (χ0n) is 11.6. The Balaban J connectivity index is 2.45.